The molecule has 0 aliphatic carbocycles. The Labute approximate surface area is 126 Å². The number of hydrogen-bond acceptors (Lipinski definition) is 3. The average Bonchev–Trinajstić information content (AvgIpc) is 2.76. The molecule has 0 saturated carbocycles. The highest BCUT2D eigenvalue weighted by molar-refractivity contribution is 5.76. The highest BCUT2D eigenvalue weighted by atomic mass is 16.5. The summed E-state index contributed by atoms with van der Waals surface area (Å²) in [4.78, 5) is 14.3. The number of rotatable bonds is 6. The van der Waals surface area contributed by atoms with Crippen molar-refractivity contribution in [3.05, 3.63) is 35.9 Å². The Morgan fingerprint density at radius 2 is 2.05 bits per heavy atom. The van der Waals surface area contributed by atoms with Crippen molar-refractivity contribution in [1.82, 2.24) is 4.90 Å². The van der Waals surface area contributed by atoms with Crippen LogP contribution in [-0.4, -0.2) is 42.3 Å². The van der Waals surface area contributed by atoms with E-state index >= 15 is 0 Å². The van der Waals surface area contributed by atoms with E-state index in [1.807, 2.05) is 30.3 Å². The fourth-order valence-electron chi connectivity index (χ4n) is 2.77. The normalized spacial score (nSPS) is 19.0. The van der Waals surface area contributed by atoms with E-state index in [1.165, 1.54) is 0 Å². The molecule has 4 nitrogen and oxygen atoms in total. The molecule has 1 unspecified atom stereocenters. The molecule has 1 amide bonds. The molecular formula is C17H25NO3. The fourth-order valence-corrected chi connectivity index (χ4v) is 2.77. The summed E-state index contributed by atoms with van der Waals surface area (Å²) in [6, 6.07) is 9.93. The topological polar surface area (TPSA) is 49.8 Å². The monoisotopic (exact) mass is 291 g/mol. The summed E-state index contributed by atoms with van der Waals surface area (Å²) in [5.41, 5.74) is 1.10. The largest absolute Gasteiger partial charge is 0.395 e. The lowest BCUT2D eigenvalue weighted by atomic mass is 9.96. The van der Waals surface area contributed by atoms with Crippen LogP contribution in [0.4, 0.5) is 0 Å². The van der Waals surface area contributed by atoms with Gasteiger partial charge in [-0.2, -0.15) is 0 Å². The number of carbonyl (C=O) groups excluding carboxylic acids is 1. The van der Waals surface area contributed by atoms with E-state index in [0.29, 0.717) is 25.4 Å². The summed E-state index contributed by atoms with van der Waals surface area (Å²) in [5, 5.41) is 9.20. The SMILES string of the molecule is O=C(CC1CCCOCC1)N(CCO)Cc1ccccc1. The second-order valence-corrected chi connectivity index (χ2v) is 5.64. The first-order valence-electron chi connectivity index (χ1n) is 7.80. The van der Waals surface area contributed by atoms with Crippen LogP contribution in [0.3, 0.4) is 0 Å². The molecule has 0 bridgehead atoms. The molecule has 0 spiro atoms. The number of carbonyl (C=O) groups is 1. The number of hydrogen-bond donors (Lipinski definition) is 1. The fraction of sp³-hybridized carbons (Fsp3) is 0.588. The van der Waals surface area contributed by atoms with Crippen LogP contribution in [0, 0.1) is 5.92 Å². The Bertz CT molecular complexity index is 413. The highest BCUT2D eigenvalue weighted by Gasteiger charge is 2.20. The molecule has 1 saturated heterocycles. The summed E-state index contributed by atoms with van der Waals surface area (Å²) in [5.74, 6) is 0.553. The highest BCUT2D eigenvalue weighted by Crippen LogP contribution is 2.20. The van der Waals surface area contributed by atoms with Crippen LogP contribution < -0.4 is 0 Å². The van der Waals surface area contributed by atoms with Gasteiger partial charge in [0, 0.05) is 32.7 Å². The number of amides is 1. The predicted octanol–water partition coefficient (Wildman–Crippen LogP) is 2.21. The molecule has 0 radical (unpaired) electrons. The molecule has 1 N–H and O–H groups in total. The smallest absolute Gasteiger partial charge is 0.223 e. The molecule has 1 fully saturated rings. The number of aliphatic hydroxyl groups excluding tert-OH is 1. The predicted molar refractivity (Wildman–Crippen MR) is 81.7 cm³/mol. The first kappa shape index (κ1) is 16.0. The van der Waals surface area contributed by atoms with Crippen LogP contribution in [0.2, 0.25) is 0 Å². The minimum Gasteiger partial charge on any atom is -0.395 e. The van der Waals surface area contributed by atoms with Gasteiger partial charge >= 0.3 is 0 Å². The zero-order valence-electron chi connectivity index (χ0n) is 12.5. The van der Waals surface area contributed by atoms with Crippen molar-refractivity contribution in [2.24, 2.45) is 5.92 Å². The van der Waals surface area contributed by atoms with E-state index in [4.69, 9.17) is 4.74 Å². The zero-order chi connectivity index (χ0) is 14.9. The molecule has 2 rings (SSSR count). The van der Waals surface area contributed by atoms with Crippen LogP contribution in [0.1, 0.15) is 31.2 Å². The van der Waals surface area contributed by atoms with Crippen LogP contribution in [0.15, 0.2) is 30.3 Å². The molecule has 1 aliphatic rings. The van der Waals surface area contributed by atoms with Gasteiger partial charge in [-0.3, -0.25) is 4.79 Å². The number of ether oxygens (including phenoxy) is 1. The van der Waals surface area contributed by atoms with E-state index in [-0.39, 0.29) is 12.5 Å². The summed E-state index contributed by atoms with van der Waals surface area (Å²) in [7, 11) is 0. The van der Waals surface area contributed by atoms with Gasteiger partial charge in [0.1, 0.15) is 0 Å². The van der Waals surface area contributed by atoms with Crippen LogP contribution in [-0.2, 0) is 16.1 Å². The van der Waals surface area contributed by atoms with Crippen molar-refractivity contribution in [2.75, 3.05) is 26.4 Å². The summed E-state index contributed by atoms with van der Waals surface area (Å²) in [6.45, 7) is 2.55. The molecule has 1 atom stereocenters. The molecule has 4 heteroatoms. The molecule has 1 aliphatic heterocycles. The van der Waals surface area contributed by atoms with E-state index in [0.717, 1.165) is 38.0 Å². The average molecular weight is 291 g/mol. The maximum atomic E-state index is 12.5. The second kappa shape index (κ2) is 8.80. The molecule has 1 heterocycles. The number of benzene rings is 1. The van der Waals surface area contributed by atoms with E-state index < -0.39 is 0 Å². The van der Waals surface area contributed by atoms with Gasteiger partial charge in [0.15, 0.2) is 0 Å². The lowest BCUT2D eigenvalue weighted by Crippen LogP contribution is -2.34. The van der Waals surface area contributed by atoms with Gasteiger partial charge in [0.25, 0.3) is 0 Å². The number of nitrogens with zero attached hydrogens (tertiary/aromatic N) is 1. The Hall–Kier alpha value is -1.39. The van der Waals surface area contributed by atoms with Gasteiger partial charge in [-0.1, -0.05) is 30.3 Å². The van der Waals surface area contributed by atoms with Crippen molar-refractivity contribution in [2.45, 2.75) is 32.2 Å². The van der Waals surface area contributed by atoms with Gasteiger partial charge in [-0.15, -0.1) is 0 Å². The summed E-state index contributed by atoms with van der Waals surface area (Å²) in [6.07, 6.45) is 3.63. The Morgan fingerprint density at radius 3 is 2.81 bits per heavy atom. The molecular weight excluding hydrogens is 266 g/mol. The molecule has 1 aromatic carbocycles. The lowest BCUT2D eigenvalue weighted by Gasteiger charge is -2.24. The first-order chi connectivity index (χ1) is 10.3. The van der Waals surface area contributed by atoms with Crippen molar-refractivity contribution in [3.8, 4) is 0 Å². The summed E-state index contributed by atoms with van der Waals surface area (Å²) >= 11 is 0. The minimum atomic E-state index is 0.00630. The van der Waals surface area contributed by atoms with Gasteiger partial charge in [0.05, 0.1) is 6.61 Å². The second-order valence-electron chi connectivity index (χ2n) is 5.64. The third-order valence-corrected chi connectivity index (χ3v) is 3.97. The standard InChI is InChI=1S/C17H25NO3/c19-10-9-18(14-16-5-2-1-3-6-16)17(20)13-15-7-4-11-21-12-8-15/h1-3,5-6,15,19H,4,7-14H2. The summed E-state index contributed by atoms with van der Waals surface area (Å²) < 4.78 is 5.45. The van der Waals surface area contributed by atoms with E-state index in [2.05, 4.69) is 0 Å². The van der Waals surface area contributed by atoms with Crippen molar-refractivity contribution < 1.29 is 14.6 Å². The van der Waals surface area contributed by atoms with Gasteiger partial charge in [-0.05, 0) is 30.7 Å². The van der Waals surface area contributed by atoms with Crippen molar-refractivity contribution >= 4 is 5.91 Å². The van der Waals surface area contributed by atoms with E-state index in [9.17, 15) is 9.90 Å². The molecule has 1 aromatic rings. The third-order valence-electron chi connectivity index (χ3n) is 3.97. The molecule has 21 heavy (non-hydrogen) atoms. The number of aliphatic hydroxyl groups is 1. The Balaban J connectivity index is 1.91. The Morgan fingerprint density at radius 1 is 1.24 bits per heavy atom. The van der Waals surface area contributed by atoms with E-state index in [1.54, 1.807) is 4.90 Å². The van der Waals surface area contributed by atoms with Crippen molar-refractivity contribution in [1.29, 1.82) is 0 Å². The first-order valence-corrected chi connectivity index (χ1v) is 7.80. The molecule has 116 valence electrons. The van der Waals surface area contributed by atoms with Crippen LogP contribution in [0.5, 0.6) is 0 Å². The van der Waals surface area contributed by atoms with Gasteiger partial charge in [0.2, 0.25) is 5.91 Å². The third kappa shape index (κ3) is 5.48. The van der Waals surface area contributed by atoms with Gasteiger partial charge in [-0.25, -0.2) is 0 Å². The van der Waals surface area contributed by atoms with Crippen molar-refractivity contribution in [3.63, 3.8) is 0 Å². The maximum absolute atomic E-state index is 12.5. The van der Waals surface area contributed by atoms with Gasteiger partial charge < -0.3 is 14.7 Å². The van der Waals surface area contributed by atoms with Crippen LogP contribution >= 0.6 is 0 Å². The quantitative estimate of drug-likeness (QED) is 0.874. The maximum Gasteiger partial charge on any atom is 0.223 e. The van der Waals surface area contributed by atoms with Crippen LogP contribution in [0.25, 0.3) is 0 Å². The lowest BCUT2D eigenvalue weighted by molar-refractivity contribution is -0.133. The molecule has 0 aromatic heterocycles. The minimum absolute atomic E-state index is 0.00630. The zero-order valence-corrected chi connectivity index (χ0v) is 12.5. The Kier molecular flexibility index (Phi) is 6.70.